The zero-order valence-electron chi connectivity index (χ0n) is 38.6. The molecule has 5 heteroatoms. The minimum absolute atomic E-state index is 0.227. The number of aromatic nitrogens is 4. The standard InChI is InChI=1S/C66H42N4O/c1-2-15-40(16-3-1)29-32-50-48-24-10-11-25-49(48)51-33-30-45(36-54(50)51)64-67-65(53-27-14-21-41-17-6-8-22-46(41)53)69-66(68-64)57-39-62-55(52-26-12-13-28-61(52)71-62)38-60(57)70-58-34-31-42-18-7-9-23-47(42)63(58)56-35-43-19-4-5-20-44(43)37-59(56)70/h1-28,30-31,33-39,50H,29,32H2/t50-/m1/s1. The van der Waals surface area contributed by atoms with E-state index in [-0.39, 0.29) is 5.92 Å². The molecule has 11 aromatic carbocycles. The minimum Gasteiger partial charge on any atom is -0.456 e. The molecule has 1 aliphatic rings. The normalized spacial score (nSPS) is 13.3. The zero-order valence-corrected chi connectivity index (χ0v) is 38.6. The molecule has 0 saturated heterocycles. The minimum atomic E-state index is 0.227. The number of hydrogen-bond donors (Lipinski definition) is 0. The first kappa shape index (κ1) is 39.8. The Kier molecular flexibility index (Phi) is 8.78. The molecule has 0 amide bonds. The Labute approximate surface area is 409 Å². The molecule has 0 aliphatic heterocycles. The van der Waals surface area contributed by atoms with Gasteiger partial charge in [0.2, 0.25) is 0 Å². The van der Waals surface area contributed by atoms with Crippen LogP contribution in [0.15, 0.2) is 229 Å². The van der Waals surface area contributed by atoms with Crippen LogP contribution in [-0.4, -0.2) is 19.5 Å². The van der Waals surface area contributed by atoms with Gasteiger partial charge in [0.1, 0.15) is 11.2 Å². The van der Waals surface area contributed by atoms with Gasteiger partial charge in [0.15, 0.2) is 17.5 Å². The van der Waals surface area contributed by atoms with Crippen LogP contribution in [0.4, 0.5) is 0 Å². The number of aryl methyl sites for hydroxylation is 1. The topological polar surface area (TPSA) is 56.7 Å². The number of furan rings is 1. The van der Waals surface area contributed by atoms with E-state index < -0.39 is 0 Å². The van der Waals surface area contributed by atoms with Gasteiger partial charge < -0.3 is 8.98 Å². The second-order valence-corrected chi connectivity index (χ2v) is 19.0. The molecule has 14 aromatic rings. The van der Waals surface area contributed by atoms with Gasteiger partial charge >= 0.3 is 0 Å². The van der Waals surface area contributed by atoms with Crippen molar-refractivity contribution in [1.29, 1.82) is 0 Å². The van der Waals surface area contributed by atoms with Crippen LogP contribution < -0.4 is 0 Å². The first-order chi connectivity index (χ1) is 35.2. The van der Waals surface area contributed by atoms with E-state index in [1.807, 2.05) is 12.1 Å². The predicted octanol–water partition coefficient (Wildman–Crippen LogP) is 17.1. The lowest BCUT2D eigenvalue weighted by molar-refractivity contribution is 0.669. The van der Waals surface area contributed by atoms with Gasteiger partial charge in [-0.2, -0.15) is 0 Å². The highest BCUT2D eigenvalue weighted by Crippen LogP contribution is 2.49. The van der Waals surface area contributed by atoms with Crippen molar-refractivity contribution in [3.63, 3.8) is 0 Å². The lowest BCUT2D eigenvalue weighted by atomic mass is 9.90. The molecule has 3 heterocycles. The Morgan fingerprint density at radius 2 is 1.03 bits per heavy atom. The number of para-hydroxylation sites is 1. The second kappa shape index (κ2) is 15.7. The van der Waals surface area contributed by atoms with Crippen molar-refractivity contribution < 1.29 is 4.42 Å². The van der Waals surface area contributed by atoms with E-state index in [2.05, 4.69) is 217 Å². The third-order valence-corrected chi connectivity index (χ3v) is 15.0. The highest BCUT2D eigenvalue weighted by atomic mass is 16.3. The Morgan fingerprint density at radius 3 is 1.89 bits per heavy atom. The van der Waals surface area contributed by atoms with E-state index in [0.717, 1.165) is 79.0 Å². The van der Waals surface area contributed by atoms with Crippen molar-refractivity contribution in [3.05, 3.63) is 241 Å². The van der Waals surface area contributed by atoms with Crippen LogP contribution in [0.5, 0.6) is 0 Å². The predicted molar refractivity (Wildman–Crippen MR) is 292 cm³/mol. The van der Waals surface area contributed by atoms with Gasteiger partial charge in [-0.05, 0) is 115 Å². The van der Waals surface area contributed by atoms with E-state index in [9.17, 15) is 0 Å². The Hall–Kier alpha value is -9.19. The summed E-state index contributed by atoms with van der Waals surface area (Å²) in [5.41, 5.74) is 14.1. The lowest BCUT2D eigenvalue weighted by Gasteiger charge is -2.17. The fourth-order valence-electron chi connectivity index (χ4n) is 11.7. The molecule has 5 nitrogen and oxygen atoms in total. The fourth-order valence-corrected chi connectivity index (χ4v) is 11.7. The average molecular weight is 907 g/mol. The van der Waals surface area contributed by atoms with Crippen molar-refractivity contribution >= 4 is 76.1 Å². The maximum Gasteiger partial charge on any atom is 0.166 e. The van der Waals surface area contributed by atoms with Crippen molar-refractivity contribution in [1.82, 2.24) is 19.5 Å². The molecule has 1 aliphatic carbocycles. The molecular weight excluding hydrogens is 865 g/mol. The highest BCUT2D eigenvalue weighted by molar-refractivity contribution is 6.23. The van der Waals surface area contributed by atoms with Crippen LogP contribution in [0.2, 0.25) is 0 Å². The molecule has 0 spiro atoms. The van der Waals surface area contributed by atoms with Gasteiger partial charge in [-0.3, -0.25) is 0 Å². The maximum atomic E-state index is 6.73. The molecule has 0 radical (unpaired) electrons. The van der Waals surface area contributed by atoms with Gasteiger partial charge in [0.05, 0.1) is 16.7 Å². The first-order valence-corrected chi connectivity index (χ1v) is 24.5. The van der Waals surface area contributed by atoms with Gasteiger partial charge in [0, 0.05) is 44.2 Å². The molecule has 0 N–H and O–H groups in total. The molecule has 332 valence electrons. The second-order valence-electron chi connectivity index (χ2n) is 19.0. The summed E-state index contributed by atoms with van der Waals surface area (Å²) in [7, 11) is 0. The summed E-state index contributed by atoms with van der Waals surface area (Å²) in [6.07, 6.45) is 1.97. The van der Waals surface area contributed by atoms with E-state index in [1.165, 1.54) is 60.1 Å². The van der Waals surface area contributed by atoms with Gasteiger partial charge in [-0.15, -0.1) is 0 Å². The Balaban J connectivity index is 1.02. The molecule has 3 aromatic heterocycles. The van der Waals surface area contributed by atoms with E-state index in [1.54, 1.807) is 0 Å². The van der Waals surface area contributed by atoms with Crippen LogP contribution in [0, 0.1) is 0 Å². The summed E-state index contributed by atoms with van der Waals surface area (Å²) >= 11 is 0. The maximum absolute atomic E-state index is 6.73. The molecule has 0 saturated carbocycles. The first-order valence-electron chi connectivity index (χ1n) is 24.5. The third kappa shape index (κ3) is 6.29. The highest BCUT2D eigenvalue weighted by Gasteiger charge is 2.30. The van der Waals surface area contributed by atoms with Gasteiger partial charge in [0.25, 0.3) is 0 Å². The molecule has 15 rings (SSSR count). The van der Waals surface area contributed by atoms with Crippen LogP contribution >= 0.6 is 0 Å². The molecule has 0 bridgehead atoms. The zero-order chi connectivity index (χ0) is 46.6. The van der Waals surface area contributed by atoms with Crippen molar-refractivity contribution in [3.8, 4) is 51.0 Å². The average Bonchev–Trinajstić information content (AvgIpc) is 4.08. The Morgan fingerprint density at radius 1 is 0.380 bits per heavy atom. The largest absolute Gasteiger partial charge is 0.456 e. The van der Waals surface area contributed by atoms with Gasteiger partial charge in [-0.25, -0.2) is 15.0 Å². The van der Waals surface area contributed by atoms with E-state index in [4.69, 9.17) is 19.4 Å². The summed E-state index contributed by atoms with van der Waals surface area (Å²) in [6.45, 7) is 0. The summed E-state index contributed by atoms with van der Waals surface area (Å²) < 4.78 is 9.17. The van der Waals surface area contributed by atoms with Crippen LogP contribution in [-0.2, 0) is 6.42 Å². The Bertz CT molecular complexity index is 4480. The molecule has 71 heavy (non-hydrogen) atoms. The van der Waals surface area contributed by atoms with Crippen molar-refractivity contribution in [2.24, 2.45) is 0 Å². The number of hydrogen-bond acceptors (Lipinski definition) is 4. The third-order valence-electron chi connectivity index (χ3n) is 15.0. The van der Waals surface area contributed by atoms with Gasteiger partial charge in [-0.1, -0.05) is 182 Å². The lowest BCUT2D eigenvalue weighted by Crippen LogP contribution is -2.04. The SMILES string of the molecule is c1ccc(CC[C@@H]2c3ccccc3-c3ccc(-c4nc(-c5cc6oc7ccccc7c6cc5-n5c6cc7ccccc7cc6c6c7ccccc7ccc65)nc(-c5cccc6ccccc56)n4)cc32)cc1. The molecule has 0 unspecified atom stereocenters. The quantitative estimate of drug-likeness (QED) is 0.160. The van der Waals surface area contributed by atoms with Crippen molar-refractivity contribution in [2.75, 3.05) is 0 Å². The monoisotopic (exact) mass is 906 g/mol. The smallest absolute Gasteiger partial charge is 0.166 e. The number of benzene rings is 11. The van der Waals surface area contributed by atoms with E-state index >= 15 is 0 Å². The molecular formula is C66H42N4O. The van der Waals surface area contributed by atoms with Crippen LogP contribution in [0.3, 0.4) is 0 Å². The summed E-state index contributed by atoms with van der Waals surface area (Å²) in [4.78, 5) is 16.6. The summed E-state index contributed by atoms with van der Waals surface area (Å²) in [6, 6.07) is 80.8. The van der Waals surface area contributed by atoms with Crippen LogP contribution in [0.25, 0.3) is 127 Å². The van der Waals surface area contributed by atoms with Crippen molar-refractivity contribution in [2.45, 2.75) is 18.8 Å². The molecule has 1 atom stereocenters. The summed E-state index contributed by atoms with van der Waals surface area (Å²) in [5.74, 6) is 2.02. The number of rotatable bonds is 7. The van der Waals surface area contributed by atoms with Crippen LogP contribution in [0.1, 0.15) is 29.0 Å². The number of nitrogens with zero attached hydrogens (tertiary/aromatic N) is 4. The van der Waals surface area contributed by atoms with E-state index in [0.29, 0.717) is 17.5 Å². The number of fused-ring (bicyclic) bond motifs is 13. The molecule has 0 fully saturated rings. The summed E-state index contributed by atoms with van der Waals surface area (Å²) in [5, 5.41) is 11.5. The fraction of sp³-hybridized carbons (Fsp3) is 0.0455.